The number of halogens is 1. The molecule has 84 valence electrons. The van der Waals surface area contributed by atoms with Crippen LogP contribution in [0.4, 0.5) is 0 Å². The molecule has 0 fully saturated rings. The number of aromatic nitrogens is 1. The Labute approximate surface area is 99.0 Å². The third kappa shape index (κ3) is 1.67. The quantitative estimate of drug-likeness (QED) is 0.855. The van der Waals surface area contributed by atoms with Crippen molar-refractivity contribution in [3.8, 4) is 0 Å². The zero-order chi connectivity index (χ0) is 11.7. The second-order valence-corrected chi connectivity index (χ2v) is 4.03. The zero-order valence-electron chi connectivity index (χ0n) is 9.25. The maximum atomic E-state index is 11.8. The lowest BCUT2D eigenvalue weighted by atomic mass is 10.2. The minimum atomic E-state index is -0.0720. The molecule has 0 atom stereocenters. The molecule has 3 nitrogen and oxygen atoms in total. The molecular formula is C12H13ClN2O. The summed E-state index contributed by atoms with van der Waals surface area (Å²) in [6.07, 6.45) is 0. The topological polar surface area (TPSA) is 34.0 Å². The van der Waals surface area contributed by atoms with E-state index in [0.717, 1.165) is 10.9 Å². The Balaban J connectivity index is 2.60. The first kappa shape index (κ1) is 11.0. The summed E-state index contributed by atoms with van der Waals surface area (Å²) in [4.78, 5) is 11.8. The number of carbonyl (C=O) groups is 1. The van der Waals surface area contributed by atoms with Crippen molar-refractivity contribution < 1.29 is 4.79 Å². The van der Waals surface area contributed by atoms with Crippen LogP contribution in [-0.4, -0.2) is 17.0 Å². The van der Waals surface area contributed by atoms with Crippen LogP contribution in [0.5, 0.6) is 0 Å². The summed E-state index contributed by atoms with van der Waals surface area (Å²) >= 11 is 6.08. The van der Waals surface area contributed by atoms with Crippen molar-refractivity contribution in [3.63, 3.8) is 0 Å². The van der Waals surface area contributed by atoms with Gasteiger partial charge in [-0.15, -0.1) is 0 Å². The summed E-state index contributed by atoms with van der Waals surface area (Å²) in [5.41, 5.74) is 1.60. The first-order chi connectivity index (χ1) is 7.65. The van der Waals surface area contributed by atoms with Gasteiger partial charge in [0.05, 0.1) is 0 Å². The van der Waals surface area contributed by atoms with Crippen molar-refractivity contribution in [3.05, 3.63) is 35.0 Å². The Bertz CT molecular complexity index is 545. The fourth-order valence-electron chi connectivity index (χ4n) is 1.79. The van der Waals surface area contributed by atoms with Crippen LogP contribution < -0.4 is 5.32 Å². The number of carbonyl (C=O) groups excluding carboxylic acids is 1. The van der Waals surface area contributed by atoms with Crippen molar-refractivity contribution in [1.82, 2.24) is 9.88 Å². The molecule has 0 aliphatic rings. The first-order valence-electron chi connectivity index (χ1n) is 5.17. The summed E-state index contributed by atoms with van der Waals surface area (Å²) < 4.78 is 1.85. The van der Waals surface area contributed by atoms with Gasteiger partial charge in [-0.1, -0.05) is 17.7 Å². The van der Waals surface area contributed by atoms with E-state index in [1.807, 2.05) is 42.8 Å². The molecule has 0 bridgehead atoms. The molecule has 0 saturated heterocycles. The van der Waals surface area contributed by atoms with Gasteiger partial charge < -0.3 is 9.88 Å². The molecule has 1 heterocycles. The molecule has 0 spiro atoms. The number of hydrogen-bond donors (Lipinski definition) is 1. The average Bonchev–Trinajstić information content (AvgIpc) is 2.59. The third-order valence-corrected chi connectivity index (χ3v) is 2.93. The van der Waals surface area contributed by atoms with E-state index in [0.29, 0.717) is 17.3 Å². The Morgan fingerprint density at radius 1 is 1.50 bits per heavy atom. The molecule has 0 saturated carbocycles. The molecule has 1 N–H and O–H groups in total. The van der Waals surface area contributed by atoms with Crippen LogP contribution in [0.1, 0.15) is 17.4 Å². The van der Waals surface area contributed by atoms with Crippen LogP contribution in [0, 0.1) is 0 Å². The smallest absolute Gasteiger partial charge is 0.267 e. The van der Waals surface area contributed by atoms with Gasteiger partial charge >= 0.3 is 0 Å². The Morgan fingerprint density at radius 3 is 2.88 bits per heavy atom. The van der Waals surface area contributed by atoms with Crippen molar-refractivity contribution in [1.29, 1.82) is 0 Å². The van der Waals surface area contributed by atoms with Crippen molar-refractivity contribution in [2.45, 2.75) is 6.92 Å². The summed E-state index contributed by atoms with van der Waals surface area (Å²) in [5.74, 6) is -0.0720. The monoisotopic (exact) mass is 236 g/mol. The van der Waals surface area contributed by atoms with Crippen molar-refractivity contribution in [2.24, 2.45) is 7.05 Å². The largest absolute Gasteiger partial charge is 0.351 e. The number of fused-ring (bicyclic) bond motifs is 1. The van der Waals surface area contributed by atoms with Gasteiger partial charge in [0, 0.05) is 29.5 Å². The third-order valence-electron chi connectivity index (χ3n) is 2.60. The highest BCUT2D eigenvalue weighted by molar-refractivity contribution is 6.35. The highest BCUT2D eigenvalue weighted by Gasteiger charge is 2.13. The van der Waals surface area contributed by atoms with E-state index in [4.69, 9.17) is 11.6 Å². The van der Waals surface area contributed by atoms with Crippen LogP contribution in [0.25, 0.3) is 10.9 Å². The van der Waals surface area contributed by atoms with Gasteiger partial charge in [-0.25, -0.2) is 0 Å². The van der Waals surface area contributed by atoms with Crippen molar-refractivity contribution in [2.75, 3.05) is 6.54 Å². The van der Waals surface area contributed by atoms with Gasteiger partial charge in [0.2, 0.25) is 0 Å². The first-order valence-corrected chi connectivity index (χ1v) is 5.55. The lowest BCUT2D eigenvalue weighted by Gasteiger charge is -2.03. The molecule has 1 amide bonds. The van der Waals surface area contributed by atoms with Crippen LogP contribution in [-0.2, 0) is 7.05 Å². The lowest BCUT2D eigenvalue weighted by molar-refractivity contribution is 0.0948. The number of benzene rings is 1. The molecule has 2 aromatic rings. The molecule has 0 unspecified atom stereocenters. The fraction of sp³-hybridized carbons (Fsp3) is 0.250. The molecule has 1 aromatic heterocycles. The maximum Gasteiger partial charge on any atom is 0.267 e. The van der Waals surface area contributed by atoms with Gasteiger partial charge in [0.1, 0.15) is 5.69 Å². The molecular weight excluding hydrogens is 224 g/mol. The second-order valence-electron chi connectivity index (χ2n) is 3.62. The normalized spacial score (nSPS) is 10.7. The average molecular weight is 237 g/mol. The van der Waals surface area contributed by atoms with Crippen LogP contribution >= 0.6 is 11.6 Å². The highest BCUT2D eigenvalue weighted by Crippen LogP contribution is 2.25. The Morgan fingerprint density at radius 2 is 2.25 bits per heavy atom. The van der Waals surface area contributed by atoms with E-state index < -0.39 is 0 Å². The number of nitrogens with zero attached hydrogens (tertiary/aromatic N) is 1. The van der Waals surface area contributed by atoms with Crippen LogP contribution in [0.3, 0.4) is 0 Å². The van der Waals surface area contributed by atoms with Gasteiger partial charge in [-0.2, -0.15) is 0 Å². The second kappa shape index (κ2) is 4.18. The molecule has 0 radical (unpaired) electrons. The fourth-order valence-corrected chi connectivity index (χ4v) is 2.02. The summed E-state index contributed by atoms with van der Waals surface area (Å²) in [7, 11) is 1.86. The summed E-state index contributed by atoms with van der Waals surface area (Å²) in [6.45, 7) is 2.52. The van der Waals surface area contributed by atoms with Gasteiger partial charge in [-0.05, 0) is 25.1 Å². The molecule has 16 heavy (non-hydrogen) atoms. The predicted octanol–water partition coefficient (Wildman–Crippen LogP) is 2.58. The SMILES string of the molecule is CCNC(=O)c1cc2c(Cl)cccc2n1C. The standard InChI is InChI=1S/C12H13ClN2O/c1-3-14-12(16)11-7-8-9(13)5-4-6-10(8)15(11)2/h4-7H,3H2,1-2H3,(H,14,16). The number of hydrogen-bond acceptors (Lipinski definition) is 1. The highest BCUT2D eigenvalue weighted by atomic mass is 35.5. The zero-order valence-corrected chi connectivity index (χ0v) is 10.0. The van der Waals surface area contributed by atoms with E-state index in [1.165, 1.54) is 0 Å². The van der Waals surface area contributed by atoms with Crippen LogP contribution in [0.2, 0.25) is 5.02 Å². The Hall–Kier alpha value is -1.48. The minimum absolute atomic E-state index is 0.0720. The van der Waals surface area contributed by atoms with E-state index >= 15 is 0 Å². The number of nitrogens with one attached hydrogen (secondary N) is 1. The van der Waals surface area contributed by atoms with Crippen molar-refractivity contribution >= 4 is 28.4 Å². The van der Waals surface area contributed by atoms with E-state index in [2.05, 4.69) is 5.32 Å². The molecule has 2 rings (SSSR count). The van der Waals surface area contributed by atoms with E-state index in [9.17, 15) is 4.79 Å². The van der Waals surface area contributed by atoms with E-state index in [1.54, 1.807) is 0 Å². The molecule has 4 heteroatoms. The van der Waals surface area contributed by atoms with E-state index in [-0.39, 0.29) is 5.91 Å². The number of rotatable bonds is 2. The molecule has 1 aromatic carbocycles. The molecule has 0 aliphatic carbocycles. The minimum Gasteiger partial charge on any atom is -0.351 e. The summed E-state index contributed by atoms with van der Waals surface area (Å²) in [5, 5.41) is 4.36. The number of aryl methyl sites for hydroxylation is 1. The number of amides is 1. The Kier molecular flexibility index (Phi) is 2.88. The van der Waals surface area contributed by atoms with Gasteiger partial charge in [-0.3, -0.25) is 4.79 Å². The summed E-state index contributed by atoms with van der Waals surface area (Å²) in [6, 6.07) is 7.48. The predicted molar refractivity (Wildman–Crippen MR) is 65.9 cm³/mol. The molecule has 0 aliphatic heterocycles. The van der Waals surface area contributed by atoms with Crippen LogP contribution in [0.15, 0.2) is 24.3 Å². The van der Waals surface area contributed by atoms with Gasteiger partial charge in [0.25, 0.3) is 5.91 Å². The lowest BCUT2D eigenvalue weighted by Crippen LogP contribution is -2.24. The van der Waals surface area contributed by atoms with Gasteiger partial charge in [0.15, 0.2) is 0 Å². The maximum absolute atomic E-state index is 11.8.